The summed E-state index contributed by atoms with van der Waals surface area (Å²) in [6.45, 7) is 0.861. The van der Waals surface area contributed by atoms with Gasteiger partial charge >= 0.3 is 6.18 Å². The molecule has 0 atom stereocenters. The number of carbonyl (C=O) groups is 1. The fourth-order valence-corrected chi connectivity index (χ4v) is 3.14. The molecule has 2 heterocycles. The van der Waals surface area contributed by atoms with Crippen molar-refractivity contribution in [2.24, 2.45) is 0 Å². The second-order valence-corrected chi connectivity index (χ2v) is 6.53. The Kier molecular flexibility index (Phi) is 4.92. The van der Waals surface area contributed by atoms with Crippen molar-refractivity contribution in [2.75, 3.05) is 13.2 Å². The van der Waals surface area contributed by atoms with E-state index in [4.69, 9.17) is 4.74 Å². The van der Waals surface area contributed by atoms with E-state index in [2.05, 4.69) is 9.97 Å². The van der Waals surface area contributed by atoms with Gasteiger partial charge in [-0.3, -0.25) is 4.79 Å². The Morgan fingerprint density at radius 1 is 1.00 bits per heavy atom. The van der Waals surface area contributed by atoms with Gasteiger partial charge in [0.25, 0.3) is 5.91 Å². The van der Waals surface area contributed by atoms with Gasteiger partial charge < -0.3 is 9.64 Å². The van der Waals surface area contributed by atoms with Crippen LogP contribution in [0.2, 0.25) is 0 Å². The number of amides is 1. The summed E-state index contributed by atoms with van der Waals surface area (Å²) >= 11 is 0. The zero-order valence-electron chi connectivity index (χ0n) is 15.2. The van der Waals surface area contributed by atoms with Gasteiger partial charge in [0.2, 0.25) is 0 Å². The highest BCUT2D eigenvalue weighted by Crippen LogP contribution is 2.34. The lowest BCUT2D eigenvalue weighted by atomic mass is 10.0. The van der Waals surface area contributed by atoms with Gasteiger partial charge in [0.05, 0.1) is 24.2 Å². The van der Waals surface area contributed by atoms with E-state index in [1.54, 1.807) is 47.6 Å². The summed E-state index contributed by atoms with van der Waals surface area (Å²) in [6.07, 6.45) is -1.21. The Balaban J connectivity index is 1.63. The topological polar surface area (TPSA) is 55.3 Å². The van der Waals surface area contributed by atoms with E-state index < -0.39 is 11.7 Å². The Hall–Kier alpha value is -3.42. The minimum atomic E-state index is -4.42. The van der Waals surface area contributed by atoms with Crippen molar-refractivity contribution in [1.29, 1.82) is 0 Å². The van der Waals surface area contributed by atoms with Crippen molar-refractivity contribution in [3.63, 3.8) is 0 Å². The molecule has 1 aliphatic rings. The van der Waals surface area contributed by atoms with Crippen LogP contribution < -0.4 is 4.74 Å². The standard InChI is InChI=1S/C21H16F3N3O2/c22-21(23,24)16-4-1-3-14(11-16)15-5-6-17-18(12-15)29-10-9-27(20(17)28)13-19-25-7-2-8-26-19/h1-8,11-12H,9-10,13H2. The normalized spacial score (nSPS) is 14.2. The van der Waals surface area contributed by atoms with Crippen LogP contribution in [0, 0.1) is 0 Å². The molecule has 0 aliphatic carbocycles. The van der Waals surface area contributed by atoms with Crippen molar-refractivity contribution in [2.45, 2.75) is 12.7 Å². The number of rotatable bonds is 3. The molecular weight excluding hydrogens is 383 g/mol. The fraction of sp³-hybridized carbons (Fsp3) is 0.190. The minimum Gasteiger partial charge on any atom is -0.491 e. The van der Waals surface area contributed by atoms with E-state index in [1.165, 1.54) is 6.07 Å². The first kappa shape index (κ1) is 18.9. The Bertz CT molecular complexity index is 1040. The van der Waals surface area contributed by atoms with Crippen LogP contribution in [0.15, 0.2) is 60.9 Å². The largest absolute Gasteiger partial charge is 0.491 e. The monoisotopic (exact) mass is 399 g/mol. The molecule has 148 valence electrons. The van der Waals surface area contributed by atoms with Gasteiger partial charge in [0, 0.05) is 12.4 Å². The number of halogens is 3. The number of aromatic nitrogens is 2. The summed E-state index contributed by atoms with van der Waals surface area (Å²) in [6, 6.07) is 11.6. The molecule has 0 spiro atoms. The van der Waals surface area contributed by atoms with Crippen molar-refractivity contribution in [3.8, 4) is 16.9 Å². The van der Waals surface area contributed by atoms with Crippen LogP contribution in [-0.2, 0) is 12.7 Å². The minimum absolute atomic E-state index is 0.236. The average Bonchev–Trinajstić information content (AvgIpc) is 2.87. The molecule has 29 heavy (non-hydrogen) atoms. The van der Waals surface area contributed by atoms with Crippen LogP contribution in [0.4, 0.5) is 13.2 Å². The molecule has 8 heteroatoms. The number of carbonyl (C=O) groups excluding carboxylic acids is 1. The van der Waals surface area contributed by atoms with E-state index in [9.17, 15) is 18.0 Å². The molecule has 2 aromatic carbocycles. The van der Waals surface area contributed by atoms with Gasteiger partial charge in [0.1, 0.15) is 18.2 Å². The highest BCUT2D eigenvalue weighted by Gasteiger charge is 2.30. The van der Waals surface area contributed by atoms with E-state index >= 15 is 0 Å². The average molecular weight is 399 g/mol. The summed E-state index contributed by atoms with van der Waals surface area (Å²) in [7, 11) is 0. The molecular formula is C21H16F3N3O2. The Morgan fingerprint density at radius 2 is 1.76 bits per heavy atom. The van der Waals surface area contributed by atoms with E-state index in [0.29, 0.717) is 34.8 Å². The van der Waals surface area contributed by atoms with E-state index in [0.717, 1.165) is 12.1 Å². The van der Waals surface area contributed by atoms with Crippen molar-refractivity contribution in [3.05, 3.63) is 77.9 Å². The number of benzene rings is 2. The van der Waals surface area contributed by atoms with Gasteiger partial charge in [-0.25, -0.2) is 9.97 Å². The predicted octanol–water partition coefficient (Wildman–Crippen LogP) is 4.20. The third-order valence-electron chi connectivity index (χ3n) is 4.59. The van der Waals surface area contributed by atoms with Crippen LogP contribution >= 0.6 is 0 Å². The number of nitrogens with zero attached hydrogens (tertiary/aromatic N) is 3. The fourth-order valence-electron chi connectivity index (χ4n) is 3.14. The molecule has 1 aliphatic heterocycles. The number of alkyl halides is 3. The van der Waals surface area contributed by atoms with Crippen LogP contribution in [0.25, 0.3) is 11.1 Å². The van der Waals surface area contributed by atoms with Crippen LogP contribution in [0.5, 0.6) is 5.75 Å². The number of hydrogen-bond donors (Lipinski definition) is 0. The lowest BCUT2D eigenvalue weighted by molar-refractivity contribution is -0.137. The zero-order valence-corrected chi connectivity index (χ0v) is 15.2. The van der Waals surface area contributed by atoms with Crippen molar-refractivity contribution >= 4 is 5.91 Å². The molecule has 0 saturated heterocycles. The lowest BCUT2D eigenvalue weighted by Crippen LogP contribution is -2.32. The zero-order chi connectivity index (χ0) is 20.4. The maximum absolute atomic E-state index is 13.0. The molecule has 4 rings (SSSR count). The molecule has 0 N–H and O–H groups in total. The molecule has 1 aromatic heterocycles. The maximum Gasteiger partial charge on any atom is 0.416 e. The summed E-state index contributed by atoms with van der Waals surface area (Å²) < 4.78 is 44.7. The van der Waals surface area contributed by atoms with Crippen molar-refractivity contribution in [1.82, 2.24) is 14.9 Å². The second-order valence-electron chi connectivity index (χ2n) is 6.53. The molecule has 1 amide bonds. The molecule has 0 saturated carbocycles. The first-order valence-electron chi connectivity index (χ1n) is 8.91. The summed E-state index contributed by atoms with van der Waals surface area (Å²) in [4.78, 5) is 22.8. The van der Waals surface area contributed by atoms with Gasteiger partial charge in [0.15, 0.2) is 0 Å². The highest BCUT2D eigenvalue weighted by molar-refractivity contribution is 5.98. The third-order valence-corrected chi connectivity index (χ3v) is 4.59. The second kappa shape index (κ2) is 7.54. The molecule has 5 nitrogen and oxygen atoms in total. The molecule has 0 bridgehead atoms. The Morgan fingerprint density at radius 3 is 2.52 bits per heavy atom. The molecule has 3 aromatic rings. The lowest BCUT2D eigenvalue weighted by Gasteiger charge is -2.18. The van der Waals surface area contributed by atoms with Crippen LogP contribution in [0.3, 0.4) is 0 Å². The van der Waals surface area contributed by atoms with E-state index in [-0.39, 0.29) is 19.1 Å². The number of hydrogen-bond acceptors (Lipinski definition) is 4. The smallest absolute Gasteiger partial charge is 0.416 e. The third kappa shape index (κ3) is 4.06. The number of ether oxygens (including phenoxy) is 1. The molecule has 0 radical (unpaired) electrons. The van der Waals surface area contributed by atoms with Crippen LogP contribution in [0.1, 0.15) is 21.7 Å². The van der Waals surface area contributed by atoms with E-state index in [1.807, 2.05) is 0 Å². The van der Waals surface area contributed by atoms with Gasteiger partial charge in [-0.05, 0) is 41.5 Å². The quantitative estimate of drug-likeness (QED) is 0.663. The first-order chi connectivity index (χ1) is 13.9. The van der Waals surface area contributed by atoms with Crippen molar-refractivity contribution < 1.29 is 22.7 Å². The Labute approximate surface area is 164 Å². The SMILES string of the molecule is O=C1c2ccc(-c3cccc(C(F)(F)F)c3)cc2OCCN1Cc1ncccn1. The summed E-state index contributed by atoms with van der Waals surface area (Å²) in [5, 5.41) is 0. The molecule has 0 fully saturated rings. The maximum atomic E-state index is 13.0. The summed E-state index contributed by atoms with van der Waals surface area (Å²) in [5.74, 6) is 0.631. The van der Waals surface area contributed by atoms with Crippen LogP contribution in [-0.4, -0.2) is 33.9 Å². The van der Waals surface area contributed by atoms with Gasteiger partial charge in [-0.2, -0.15) is 13.2 Å². The molecule has 0 unspecified atom stereocenters. The summed E-state index contributed by atoms with van der Waals surface area (Å²) in [5.41, 5.74) is 0.574. The first-order valence-corrected chi connectivity index (χ1v) is 8.91. The number of fused-ring (bicyclic) bond motifs is 1. The van der Waals surface area contributed by atoms with Gasteiger partial charge in [-0.15, -0.1) is 0 Å². The predicted molar refractivity (Wildman–Crippen MR) is 99.1 cm³/mol. The van der Waals surface area contributed by atoms with Gasteiger partial charge in [-0.1, -0.05) is 18.2 Å². The highest BCUT2D eigenvalue weighted by atomic mass is 19.4.